The summed E-state index contributed by atoms with van der Waals surface area (Å²) in [5, 5.41) is 53.3. The molecule has 1 fully saturated rings. The highest BCUT2D eigenvalue weighted by atomic mass is 33.1. The molecule has 0 aliphatic carbocycles. The first kappa shape index (κ1) is 40.7. The number of ether oxygens (including phenoxy) is 2. The molecule has 0 aromatic carbocycles. The zero-order chi connectivity index (χ0) is 31.7. The van der Waals surface area contributed by atoms with Crippen LogP contribution in [-0.2, 0) is 14.3 Å². The van der Waals surface area contributed by atoms with Crippen LogP contribution in [0.2, 0.25) is 0 Å². The van der Waals surface area contributed by atoms with E-state index in [1.165, 1.54) is 76.9 Å². The molecule has 0 aromatic rings. The van der Waals surface area contributed by atoms with Crippen molar-refractivity contribution in [2.24, 2.45) is 0 Å². The Kier molecular flexibility index (Phi) is 25.3. The number of unbranched alkanes of at least 4 members (excludes halogenated alkanes) is 12. The Morgan fingerprint density at radius 3 is 2.19 bits per heavy atom. The third-order valence-electron chi connectivity index (χ3n) is 7.63. The lowest BCUT2D eigenvalue weighted by atomic mass is 10.0. The van der Waals surface area contributed by atoms with E-state index in [0.29, 0.717) is 11.7 Å². The van der Waals surface area contributed by atoms with Crippen molar-refractivity contribution in [2.75, 3.05) is 19.0 Å². The number of carbonyl (C=O) groups is 1. The van der Waals surface area contributed by atoms with Gasteiger partial charge in [-0.2, -0.15) is 0 Å². The van der Waals surface area contributed by atoms with E-state index in [1.54, 1.807) is 6.08 Å². The third kappa shape index (κ3) is 21.1. The van der Waals surface area contributed by atoms with E-state index < -0.39 is 43.5 Å². The Morgan fingerprint density at radius 1 is 0.953 bits per heavy atom. The highest BCUT2D eigenvalue weighted by Crippen LogP contribution is 2.39. The Labute approximate surface area is 268 Å². The zero-order valence-corrected chi connectivity index (χ0v) is 28.2. The van der Waals surface area contributed by atoms with Gasteiger partial charge in [0.15, 0.2) is 12.6 Å². The molecule has 7 atom stereocenters. The largest absolute Gasteiger partial charge is 0.391 e. The van der Waals surface area contributed by atoms with Crippen molar-refractivity contribution in [1.29, 1.82) is 0 Å². The van der Waals surface area contributed by atoms with Crippen LogP contribution in [0.1, 0.15) is 123 Å². The van der Waals surface area contributed by atoms with Crippen LogP contribution in [0, 0.1) is 0 Å². The van der Waals surface area contributed by atoms with Gasteiger partial charge >= 0.3 is 0 Å². The fourth-order valence-corrected chi connectivity index (χ4v) is 7.89. The number of aliphatic hydroxyl groups excluding tert-OH is 5. The molecule has 43 heavy (non-hydrogen) atoms. The van der Waals surface area contributed by atoms with Crippen molar-refractivity contribution in [3.8, 4) is 0 Å². The van der Waals surface area contributed by atoms with Crippen molar-refractivity contribution >= 4 is 27.5 Å². The number of carbonyl (C=O) groups excluding carboxylic acids is 1. The second-order valence-electron chi connectivity index (χ2n) is 11.7. The number of amides is 1. The van der Waals surface area contributed by atoms with Crippen LogP contribution in [0.5, 0.6) is 0 Å². The lowest BCUT2D eigenvalue weighted by Crippen LogP contribution is -2.49. The average Bonchev–Trinajstić information content (AvgIpc) is 3.52. The van der Waals surface area contributed by atoms with Crippen LogP contribution in [-0.4, -0.2) is 92.6 Å². The average molecular weight is 652 g/mol. The van der Waals surface area contributed by atoms with E-state index in [-0.39, 0.29) is 12.5 Å². The molecule has 0 aromatic heterocycles. The topological polar surface area (TPSA) is 149 Å². The highest BCUT2D eigenvalue weighted by Gasteiger charge is 2.30. The first-order valence-corrected chi connectivity index (χ1v) is 19.0. The summed E-state index contributed by atoms with van der Waals surface area (Å²) in [4.78, 5) is 12.7. The number of aliphatic hydroxyl groups is 5. The van der Waals surface area contributed by atoms with Crippen LogP contribution in [0.25, 0.3) is 0 Å². The molecule has 1 amide bonds. The summed E-state index contributed by atoms with van der Waals surface area (Å²) >= 11 is 0. The second kappa shape index (κ2) is 26.8. The smallest absolute Gasteiger partial charge is 0.220 e. The number of allylic oxidation sites excluding steroid dienone is 1. The summed E-state index contributed by atoms with van der Waals surface area (Å²) < 4.78 is 10.7. The molecule has 1 heterocycles. The van der Waals surface area contributed by atoms with E-state index in [2.05, 4.69) is 12.2 Å². The molecule has 3 unspecified atom stereocenters. The summed E-state index contributed by atoms with van der Waals surface area (Å²) in [5.41, 5.74) is 0. The van der Waals surface area contributed by atoms with Gasteiger partial charge in [-0.3, -0.25) is 4.79 Å². The number of rotatable bonds is 28. The number of hydrogen-bond acceptors (Lipinski definition) is 10. The molecule has 0 saturated carbocycles. The lowest BCUT2D eigenvalue weighted by molar-refractivity contribution is -0.279. The van der Waals surface area contributed by atoms with E-state index in [4.69, 9.17) is 14.6 Å². The number of hydrogen-bond donors (Lipinski definition) is 6. The van der Waals surface area contributed by atoms with Gasteiger partial charge in [-0.1, -0.05) is 111 Å². The minimum atomic E-state index is -1.63. The van der Waals surface area contributed by atoms with Gasteiger partial charge in [0.1, 0.15) is 6.10 Å². The van der Waals surface area contributed by atoms with E-state index >= 15 is 0 Å². The number of nitrogens with one attached hydrogen (secondary N) is 1. The van der Waals surface area contributed by atoms with Gasteiger partial charge in [0, 0.05) is 17.4 Å². The molecule has 6 N–H and O–H groups in total. The first-order valence-electron chi connectivity index (χ1n) is 16.6. The zero-order valence-electron chi connectivity index (χ0n) is 26.6. The maximum absolute atomic E-state index is 12.7. The minimum absolute atomic E-state index is 0.205. The van der Waals surface area contributed by atoms with E-state index in [9.17, 15) is 25.2 Å². The van der Waals surface area contributed by atoms with E-state index in [0.717, 1.165) is 38.5 Å². The second-order valence-corrected chi connectivity index (χ2v) is 14.5. The predicted molar refractivity (Wildman–Crippen MR) is 177 cm³/mol. The molecule has 0 spiro atoms. The van der Waals surface area contributed by atoms with Gasteiger partial charge in [-0.15, -0.1) is 0 Å². The van der Waals surface area contributed by atoms with Crippen molar-refractivity contribution in [3.05, 3.63) is 12.2 Å². The van der Waals surface area contributed by atoms with Crippen molar-refractivity contribution in [2.45, 2.75) is 165 Å². The highest BCUT2D eigenvalue weighted by molar-refractivity contribution is 8.77. The summed E-state index contributed by atoms with van der Waals surface area (Å²) in [5.74, 6) is 0.982. The summed E-state index contributed by atoms with van der Waals surface area (Å²) in [7, 11) is 3.84. The van der Waals surface area contributed by atoms with Gasteiger partial charge in [0.05, 0.1) is 31.5 Å². The molecule has 0 radical (unpaired) electrons. The fraction of sp³-hybridized carbons (Fsp3) is 0.906. The van der Waals surface area contributed by atoms with E-state index in [1.807, 2.05) is 27.7 Å². The molecular formula is C32H61NO8S2. The Hall–Kier alpha value is -0.370. The third-order valence-corrected chi connectivity index (χ3v) is 10.6. The molecule has 11 heteroatoms. The van der Waals surface area contributed by atoms with Crippen LogP contribution < -0.4 is 5.32 Å². The predicted octanol–water partition coefficient (Wildman–Crippen LogP) is 5.22. The quantitative estimate of drug-likeness (QED) is 0.0288. The first-order chi connectivity index (χ1) is 20.8. The van der Waals surface area contributed by atoms with Crippen LogP contribution in [0.4, 0.5) is 0 Å². The summed E-state index contributed by atoms with van der Waals surface area (Å²) in [6, 6.07) is -0.832. The molecule has 1 saturated heterocycles. The summed E-state index contributed by atoms with van der Waals surface area (Å²) in [6.45, 7) is 2.61. The Bertz CT molecular complexity index is 696. The standard InChI is InChI=1S/C32H61NO8S2/c1-3-4-5-6-7-8-9-10-11-12-13-14-15-19-28(36)27(24-40-32(31(39)25(2)35)41-30(38)23-34)33-29(37)20-17-16-18-26-21-22-42-43-26/h15,19,25-28,30-32,34-36,38-39H,3-14,16-18,20-24H2,1-2H3,(H,33,37)/b19-15+/t25-,26?,27+,28-,30?,31?,32-/m1/s1. The van der Waals surface area contributed by atoms with Gasteiger partial charge in [-0.25, -0.2) is 0 Å². The van der Waals surface area contributed by atoms with Gasteiger partial charge in [0.2, 0.25) is 5.91 Å². The van der Waals surface area contributed by atoms with Crippen molar-refractivity contribution in [1.82, 2.24) is 5.32 Å². The van der Waals surface area contributed by atoms with Crippen LogP contribution in [0.15, 0.2) is 12.2 Å². The van der Waals surface area contributed by atoms with Crippen molar-refractivity contribution < 1.29 is 39.8 Å². The molecule has 254 valence electrons. The van der Waals surface area contributed by atoms with Gasteiger partial charge in [0.25, 0.3) is 0 Å². The molecule has 1 aliphatic heterocycles. The monoisotopic (exact) mass is 651 g/mol. The maximum atomic E-state index is 12.7. The molecular weight excluding hydrogens is 590 g/mol. The normalized spacial score (nSPS) is 19.7. The maximum Gasteiger partial charge on any atom is 0.220 e. The van der Waals surface area contributed by atoms with Crippen LogP contribution in [0.3, 0.4) is 0 Å². The molecule has 1 aliphatic rings. The molecule has 1 rings (SSSR count). The molecule has 9 nitrogen and oxygen atoms in total. The Balaban J connectivity index is 2.53. The fourth-order valence-electron chi connectivity index (χ4n) is 4.86. The van der Waals surface area contributed by atoms with Gasteiger partial charge in [-0.05, 0) is 39.0 Å². The lowest BCUT2D eigenvalue weighted by Gasteiger charge is -2.30. The van der Waals surface area contributed by atoms with Crippen LogP contribution >= 0.6 is 21.6 Å². The summed E-state index contributed by atoms with van der Waals surface area (Å²) in [6.07, 6.45) is 15.8. The Morgan fingerprint density at radius 2 is 1.60 bits per heavy atom. The minimum Gasteiger partial charge on any atom is -0.391 e. The molecule has 0 bridgehead atoms. The van der Waals surface area contributed by atoms with Gasteiger partial charge < -0.3 is 40.3 Å². The van der Waals surface area contributed by atoms with Crippen molar-refractivity contribution in [3.63, 3.8) is 0 Å². The SMILES string of the molecule is CCCCCCCCCCCCC/C=C/[C@@H](O)[C@H](CO[C@H](OC(O)CO)C(O)[C@@H](C)O)NC(=O)CCCCC1CCSS1.